The fraction of sp³-hybridized carbons (Fsp3) is 0.667. The standard InChI is InChI=1S/C12H19N3O2.ClH/c1-9-10(15-8-17-9)6-14-11(16)12(2)4-3-5-13-7-12;/h8,13H,3-7H2,1-2H3,(H,14,16);1H. The highest BCUT2D eigenvalue weighted by Crippen LogP contribution is 2.25. The molecular weight excluding hydrogens is 254 g/mol. The van der Waals surface area contributed by atoms with Crippen LogP contribution in [0.5, 0.6) is 0 Å². The van der Waals surface area contributed by atoms with Crippen LogP contribution in [0, 0.1) is 12.3 Å². The minimum absolute atomic E-state index is 0. The Morgan fingerprint density at radius 3 is 3.00 bits per heavy atom. The number of carbonyl (C=O) groups is 1. The Kier molecular flexibility index (Phi) is 5.16. The van der Waals surface area contributed by atoms with Gasteiger partial charge in [0.15, 0.2) is 6.39 Å². The quantitative estimate of drug-likeness (QED) is 0.874. The zero-order chi connectivity index (χ0) is 12.3. The van der Waals surface area contributed by atoms with Crippen LogP contribution in [0.2, 0.25) is 0 Å². The van der Waals surface area contributed by atoms with Crippen LogP contribution in [-0.4, -0.2) is 24.0 Å². The zero-order valence-electron chi connectivity index (χ0n) is 10.8. The molecule has 1 aromatic heterocycles. The van der Waals surface area contributed by atoms with Gasteiger partial charge in [-0.3, -0.25) is 4.79 Å². The normalized spacial score (nSPS) is 23.2. The Labute approximate surface area is 113 Å². The molecular formula is C12H20ClN3O2. The third kappa shape index (κ3) is 3.23. The average molecular weight is 274 g/mol. The highest BCUT2D eigenvalue weighted by molar-refractivity contribution is 5.85. The first-order chi connectivity index (χ1) is 8.12. The third-order valence-corrected chi connectivity index (χ3v) is 3.41. The van der Waals surface area contributed by atoms with Crippen molar-refractivity contribution in [3.63, 3.8) is 0 Å². The summed E-state index contributed by atoms with van der Waals surface area (Å²) in [6.45, 7) is 6.04. The van der Waals surface area contributed by atoms with E-state index in [1.54, 1.807) is 0 Å². The fourth-order valence-corrected chi connectivity index (χ4v) is 2.13. The largest absolute Gasteiger partial charge is 0.448 e. The molecule has 0 aromatic carbocycles. The smallest absolute Gasteiger partial charge is 0.227 e. The van der Waals surface area contributed by atoms with E-state index in [1.807, 2.05) is 13.8 Å². The van der Waals surface area contributed by atoms with Gasteiger partial charge in [-0.05, 0) is 33.2 Å². The molecule has 18 heavy (non-hydrogen) atoms. The second kappa shape index (κ2) is 6.20. The lowest BCUT2D eigenvalue weighted by Gasteiger charge is -2.32. The van der Waals surface area contributed by atoms with Crippen LogP contribution >= 0.6 is 12.4 Å². The average Bonchev–Trinajstić information content (AvgIpc) is 2.73. The molecule has 1 aliphatic rings. The summed E-state index contributed by atoms with van der Waals surface area (Å²) < 4.78 is 5.09. The van der Waals surface area contributed by atoms with Crippen molar-refractivity contribution in [3.05, 3.63) is 17.8 Å². The molecule has 1 aliphatic heterocycles. The van der Waals surface area contributed by atoms with Gasteiger partial charge in [-0.1, -0.05) is 0 Å². The van der Waals surface area contributed by atoms with Gasteiger partial charge in [-0.15, -0.1) is 12.4 Å². The van der Waals surface area contributed by atoms with Crippen molar-refractivity contribution in [3.8, 4) is 0 Å². The molecule has 1 amide bonds. The number of nitrogens with zero attached hydrogens (tertiary/aromatic N) is 1. The molecule has 0 radical (unpaired) electrons. The fourth-order valence-electron chi connectivity index (χ4n) is 2.13. The van der Waals surface area contributed by atoms with Crippen LogP contribution in [0.15, 0.2) is 10.8 Å². The number of halogens is 1. The maximum absolute atomic E-state index is 12.1. The van der Waals surface area contributed by atoms with Gasteiger partial charge in [0, 0.05) is 6.54 Å². The predicted octanol–water partition coefficient (Wildman–Crippen LogP) is 1.41. The molecule has 102 valence electrons. The molecule has 2 heterocycles. The first kappa shape index (κ1) is 15.0. The molecule has 5 nitrogen and oxygen atoms in total. The number of hydrogen-bond acceptors (Lipinski definition) is 4. The number of rotatable bonds is 3. The van der Waals surface area contributed by atoms with Gasteiger partial charge >= 0.3 is 0 Å². The van der Waals surface area contributed by atoms with Crippen molar-refractivity contribution in [1.82, 2.24) is 15.6 Å². The summed E-state index contributed by atoms with van der Waals surface area (Å²) in [5, 5.41) is 6.20. The van der Waals surface area contributed by atoms with Crippen LogP contribution in [-0.2, 0) is 11.3 Å². The number of carbonyl (C=O) groups excluding carboxylic acids is 1. The molecule has 6 heteroatoms. The van der Waals surface area contributed by atoms with Crippen LogP contribution in [0.3, 0.4) is 0 Å². The van der Waals surface area contributed by atoms with E-state index in [1.165, 1.54) is 6.39 Å². The van der Waals surface area contributed by atoms with Crippen molar-refractivity contribution in [2.24, 2.45) is 5.41 Å². The predicted molar refractivity (Wildman–Crippen MR) is 70.5 cm³/mol. The Hall–Kier alpha value is -1.07. The number of hydrogen-bond donors (Lipinski definition) is 2. The van der Waals surface area contributed by atoms with E-state index in [9.17, 15) is 4.79 Å². The molecule has 1 atom stereocenters. The summed E-state index contributed by atoms with van der Waals surface area (Å²) >= 11 is 0. The highest BCUT2D eigenvalue weighted by Gasteiger charge is 2.34. The van der Waals surface area contributed by atoms with E-state index in [4.69, 9.17) is 4.42 Å². The Bertz CT molecular complexity index is 400. The van der Waals surface area contributed by atoms with Crippen LogP contribution in [0.4, 0.5) is 0 Å². The summed E-state index contributed by atoms with van der Waals surface area (Å²) in [4.78, 5) is 16.2. The number of piperidine rings is 1. The minimum Gasteiger partial charge on any atom is -0.448 e. The van der Waals surface area contributed by atoms with E-state index in [0.29, 0.717) is 6.54 Å². The maximum Gasteiger partial charge on any atom is 0.227 e. The van der Waals surface area contributed by atoms with E-state index in [-0.39, 0.29) is 23.7 Å². The molecule has 2 N–H and O–H groups in total. The van der Waals surface area contributed by atoms with Crippen molar-refractivity contribution in [1.29, 1.82) is 0 Å². The summed E-state index contributed by atoms with van der Waals surface area (Å²) in [6.07, 6.45) is 3.39. The number of nitrogens with one attached hydrogen (secondary N) is 2. The maximum atomic E-state index is 12.1. The monoisotopic (exact) mass is 273 g/mol. The molecule has 0 spiro atoms. The lowest BCUT2D eigenvalue weighted by molar-refractivity contribution is -0.131. The lowest BCUT2D eigenvalue weighted by Crippen LogP contribution is -2.48. The van der Waals surface area contributed by atoms with Gasteiger partial charge in [-0.25, -0.2) is 4.98 Å². The minimum atomic E-state index is -0.296. The molecule has 0 bridgehead atoms. The summed E-state index contributed by atoms with van der Waals surface area (Å²) in [5.74, 6) is 0.851. The highest BCUT2D eigenvalue weighted by atomic mass is 35.5. The Morgan fingerprint density at radius 1 is 1.67 bits per heavy atom. The molecule has 1 saturated heterocycles. The SMILES string of the molecule is Cc1ocnc1CNC(=O)C1(C)CCCNC1.Cl. The Balaban J connectivity index is 0.00000162. The topological polar surface area (TPSA) is 67.2 Å². The second-order valence-corrected chi connectivity index (χ2v) is 4.88. The van der Waals surface area contributed by atoms with Crippen LogP contribution < -0.4 is 10.6 Å². The first-order valence-electron chi connectivity index (χ1n) is 6.00. The number of amides is 1. The van der Waals surface area contributed by atoms with Gasteiger partial charge in [0.05, 0.1) is 12.0 Å². The van der Waals surface area contributed by atoms with Crippen molar-refractivity contribution in [2.45, 2.75) is 33.2 Å². The van der Waals surface area contributed by atoms with Crippen molar-refractivity contribution >= 4 is 18.3 Å². The molecule has 2 rings (SSSR count). The summed E-state index contributed by atoms with van der Waals surface area (Å²) in [5.41, 5.74) is 0.501. The molecule has 0 saturated carbocycles. The van der Waals surface area contributed by atoms with E-state index >= 15 is 0 Å². The second-order valence-electron chi connectivity index (χ2n) is 4.88. The molecule has 0 aliphatic carbocycles. The van der Waals surface area contributed by atoms with E-state index in [0.717, 1.165) is 37.4 Å². The van der Waals surface area contributed by atoms with Crippen LogP contribution in [0.1, 0.15) is 31.2 Å². The summed E-state index contributed by atoms with van der Waals surface area (Å²) in [7, 11) is 0. The van der Waals surface area contributed by atoms with Gasteiger partial charge in [-0.2, -0.15) is 0 Å². The third-order valence-electron chi connectivity index (χ3n) is 3.41. The van der Waals surface area contributed by atoms with Crippen molar-refractivity contribution < 1.29 is 9.21 Å². The van der Waals surface area contributed by atoms with E-state index < -0.39 is 0 Å². The zero-order valence-corrected chi connectivity index (χ0v) is 11.6. The summed E-state index contributed by atoms with van der Waals surface area (Å²) in [6, 6.07) is 0. The number of aryl methyl sites for hydroxylation is 1. The molecule has 1 aromatic rings. The number of aromatic nitrogens is 1. The van der Waals surface area contributed by atoms with E-state index in [2.05, 4.69) is 15.6 Å². The molecule has 1 unspecified atom stereocenters. The van der Waals surface area contributed by atoms with Gasteiger partial charge in [0.25, 0.3) is 0 Å². The van der Waals surface area contributed by atoms with Crippen molar-refractivity contribution in [2.75, 3.05) is 13.1 Å². The first-order valence-corrected chi connectivity index (χ1v) is 6.00. The Morgan fingerprint density at radius 2 is 2.44 bits per heavy atom. The lowest BCUT2D eigenvalue weighted by atomic mass is 9.82. The number of oxazole rings is 1. The molecule has 1 fully saturated rings. The van der Waals surface area contributed by atoms with Gasteiger partial charge in [0.2, 0.25) is 5.91 Å². The van der Waals surface area contributed by atoms with Gasteiger partial charge < -0.3 is 15.1 Å². The van der Waals surface area contributed by atoms with Gasteiger partial charge in [0.1, 0.15) is 11.5 Å². The van der Waals surface area contributed by atoms with Crippen LogP contribution in [0.25, 0.3) is 0 Å².